The normalized spacial score (nSPS) is 11.6. The molecule has 0 aliphatic rings. The highest BCUT2D eigenvalue weighted by Crippen LogP contribution is 2.44. The summed E-state index contributed by atoms with van der Waals surface area (Å²) >= 11 is 0. The largest absolute Gasteiger partial charge is 0.456 e. The molecule has 7 aromatic carbocycles. The van der Waals surface area contributed by atoms with Crippen LogP contribution in [0.15, 0.2) is 173 Å². The molecule has 0 radical (unpaired) electrons. The van der Waals surface area contributed by atoms with Gasteiger partial charge in [0.25, 0.3) is 0 Å². The predicted molar refractivity (Wildman–Crippen MR) is 202 cm³/mol. The van der Waals surface area contributed by atoms with Crippen molar-refractivity contribution >= 4 is 43.9 Å². The van der Waals surface area contributed by atoms with Gasteiger partial charge in [0.15, 0.2) is 17.5 Å². The summed E-state index contributed by atoms with van der Waals surface area (Å²) < 4.78 is 13.1. The standard InChI is InChI=1S/C45H27N3O2/c1-4-13-28(14-5-1)32-25-36(42-34-19-10-11-21-37(34)49-40(42)27-32)33-20-12-22-38-41(33)35-24-23-31(26-39(35)50-38)45-47-43(29-15-6-2-7-16-29)46-44(48-45)30-17-8-3-9-18-30/h1-27H. The summed E-state index contributed by atoms with van der Waals surface area (Å²) in [5.74, 6) is 1.83. The van der Waals surface area contributed by atoms with Gasteiger partial charge in [0, 0.05) is 38.2 Å². The number of benzene rings is 7. The molecule has 0 aliphatic carbocycles. The van der Waals surface area contributed by atoms with Crippen LogP contribution in [0, 0.1) is 0 Å². The molecule has 0 saturated carbocycles. The second-order valence-corrected chi connectivity index (χ2v) is 12.4. The summed E-state index contributed by atoms with van der Waals surface area (Å²) in [6, 6.07) is 55.7. The van der Waals surface area contributed by atoms with Gasteiger partial charge in [0.2, 0.25) is 0 Å². The number of rotatable bonds is 5. The van der Waals surface area contributed by atoms with Crippen molar-refractivity contribution in [2.75, 3.05) is 0 Å². The predicted octanol–water partition coefficient (Wildman–Crippen LogP) is 12.0. The van der Waals surface area contributed by atoms with Gasteiger partial charge in [0.1, 0.15) is 22.3 Å². The Morgan fingerprint density at radius 3 is 1.52 bits per heavy atom. The zero-order valence-electron chi connectivity index (χ0n) is 26.7. The van der Waals surface area contributed by atoms with Gasteiger partial charge in [-0.15, -0.1) is 0 Å². The van der Waals surface area contributed by atoms with Crippen molar-refractivity contribution in [1.29, 1.82) is 0 Å². The Morgan fingerprint density at radius 1 is 0.300 bits per heavy atom. The lowest BCUT2D eigenvalue weighted by Gasteiger charge is -2.10. The first-order valence-electron chi connectivity index (χ1n) is 16.6. The lowest BCUT2D eigenvalue weighted by Crippen LogP contribution is -2.00. The van der Waals surface area contributed by atoms with Crippen LogP contribution in [0.5, 0.6) is 0 Å². The Morgan fingerprint density at radius 2 is 0.820 bits per heavy atom. The minimum atomic E-state index is 0.586. The second-order valence-electron chi connectivity index (χ2n) is 12.4. The summed E-state index contributed by atoms with van der Waals surface area (Å²) in [6.07, 6.45) is 0. The molecule has 0 spiro atoms. The molecule has 5 nitrogen and oxygen atoms in total. The van der Waals surface area contributed by atoms with Crippen LogP contribution in [0.25, 0.3) is 100 Å². The number of fused-ring (bicyclic) bond motifs is 6. The maximum absolute atomic E-state index is 6.61. The number of hydrogen-bond acceptors (Lipinski definition) is 5. The van der Waals surface area contributed by atoms with Crippen molar-refractivity contribution in [2.45, 2.75) is 0 Å². The lowest BCUT2D eigenvalue weighted by molar-refractivity contribution is 0.668. The Kier molecular flexibility index (Phi) is 6.42. The van der Waals surface area contributed by atoms with E-state index in [0.717, 1.165) is 82.8 Å². The van der Waals surface area contributed by atoms with E-state index >= 15 is 0 Å². The van der Waals surface area contributed by atoms with E-state index in [2.05, 4.69) is 72.8 Å². The van der Waals surface area contributed by atoms with E-state index in [0.29, 0.717) is 17.5 Å². The Balaban J connectivity index is 1.18. The van der Waals surface area contributed by atoms with Crippen LogP contribution in [-0.2, 0) is 0 Å². The zero-order valence-corrected chi connectivity index (χ0v) is 26.7. The first kappa shape index (κ1) is 28.2. The van der Waals surface area contributed by atoms with E-state index in [1.54, 1.807) is 0 Å². The SMILES string of the molecule is c1ccc(-c2cc(-c3cccc4oc5cc(-c6nc(-c7ccccc7)nc(-c7ccccc7)n6)ccc5c34)c3c(c2)oc2ccccc23)cc1. The van der Waals surface area contributed by atoms with Crippen LogP contribution < -0.4 is 0 Å². The average Bonchev–Trinajstić information content (AvgIpc) is 3.76. The smallest absolute Gasteiger partial charge is 0.164 e. The minimum Gasteiger partial charge on any atom is -0.456 e. The molecular weight excluding hydrogens is 615 g/mol. The summed E-state index contributed by atoms with van der Waals surface area (Å²) in [5.41, 5.74) is 10.4. The second kappa shape index (κ2) is 11.4. The van der Waals surface area contributed by atoms with E-state index in [1.165, 1.54) is 0 Å². The van der Waals surface area contributed by atoms with E-state index in [9.17, 15) is 0 Å². The molecule has 234 valence electrons. The molecule has 5 heteroatoms. The number of furan rings is 2. The third-order valence-corrected chi connectivity index (χ3v) is 9.33. The van der Waals surface area contributed by atoms with E-state index < -0.39 is 0 Å². The minimum absolute atomic E-state index is 0.586. The van der Waals surface area contributed by atoms with Gasteiger partial charge in [-0.3, -0.25) is 0 Å². The average molecular weight is 642 g/mol. The fraction of sp³-hybridized carbons (Fsp3) is 0. The van der Waals surface area contributed by atoms with Crippen molar-refractivity contribution in [2.24, 2.45) is 0 Å². The molecule has 10 aromatic rings. The van der Waals surface area contributed by atoms with Crippen molar-refractivity contribution in [1.82, 2.24) is 15.0 Å². The van der Waals surface area contributed by atoms with Gasteiger partial charge >= 0.3 is 0 Å². The van der Waals surface area contributed by atoms with Crippen LogP contribution >= 0.6 is 0 Å². The fourth-order valence-corrected chi connectivity index (χ4v) is 6.99. The van der Waals surface area contributed by atoms with Crippen LogP contribution in [0.1, 0.15) is 0 Å². The molecular formula is C45H27N3O2. The molecule has 0 fully saturated rings. The quantitative estimate of drug-likeness (QED) is 0.187. The van der Waals surface area contributed by atoms with Gasteiger partial charge in [-0.25, -0.2) is 15.0 Å². The topological polar surface area (TPSA) is 65.0 Å². The Bertz CT molecular complexity index is 2800. The molecule has 0 atom stereocenters. The van der Waals surface area contributed by atoms with Crippen molar-refractivity contribution in [3.8, 4) is 56.4 Å². The number of aromatic nitrogens is 3. The van der Waals surface area contributed by atoms with Gasteiger partial charge < -0.3 is 8.83 Å². The molecule has 50 heavy (non-hydrogen) atoms. The lowest BCUT2D eigenvalue weighted by atomic mass is 9.92. The van der Waals surface area contributed by atoms with E-state index in [1.807, 2.05) is 91.0 Å². The fourth-order valence-electron chi connectivity index (χ4n) is 6.99. The highest BCUT2D eigenvalue weighted by molar-refractivity contribution is 6.20. The van der Waals surface area contributed by atoms with Crippen molar-refractivity contribution in [3.05, 3.63) is 164 Å². The van der Waals surface area contributed by atoms with E-state index in [-0.39, 0.29) is 0 Å². The first-order chi connectivity index (χ1) is 24.8. The molecule has 3 aromatic heterocycles. The van der Waals surface area contributed by atoms with Gasteiger partial charge in [0.05, 0.1) is 0 Å². The maximum Gasteiger partial charge on any atom is 0.164 e. The summed E-state index contributed by atoms with van der Waals surface area (Å²) in [6.45, 7) is 0. The van der Waals surface area contributed by atoms with Gasteiger partial charge in [-0.05, 0) is 58.7 Å². The Hall–Kier alpha value is -6.85. The molecule has 0 unspecified atom stereocenters. The first-order valence-corrected chi connectivity index (χ1v) is 16.6. The van der Waals surface area contributed by atoms with Crippen LogP contribution in [0.4, 0.5) is 0 Å². The maximum atomic E-state index is 6.61. The third-order valence-electron chi connectivity index (χ3n) is 9.33. The van der Waals surface area contributed by atoms with Gasteiger partial charge in [-0.2, -0.15) is 0 Å². The summed E-state index contributed by atoms with van der Waals surface area (Å²) in [5, 5.41) is 4.25. The highest BCUT2D eigenvalue weighted by atomic mass is 16.3. The van der Waals surface area contributed by atoms with Gasteiger partial charge in [-0.1, -0.05) is 127 Å². The highest BCUT2D eigenvalue weighted by Gasteiger charge is 2.20. The monoisotopic (exact) mass is 641 g/mol. The Labute approximate surface area is 287 Å². The molecule has 0 saturated heterocycles. The number of nitrogens with zero attached hydrogens (tertiary/aromatic N) is 3. The zero-order chi connectivity index (χ0) is 33.0. The van der Waals surface area contributed by atoms with E-state index in [4.69, 9.17) is 23.8 Å². The number of para-hydroxylation sites is 1. The summed E-state index contributed by atoms with van der Waals surface area (Å²) in [4.78, 5) is 14.8. The molecule has 0 bridgehead atoms. The molecule has 10 rings (SSSR count). The molecule has 0 N–H and O–H groups in total. The van der Waals surface area contributed by atoms with Crippen LogP contribution in [-0.4, -0.2) is 15.0 Å². The van der Waals surface area contributed by atoms with Crippen molar-refractivity contribution in [3.63, 3.8) is 0 Å². The summed E-state index contributed by atoms with van der Waals surface area (Å²) in [7, 11) is 0. The molecule has 3 heterocycles. The third kappa shape index (κ3) is 4.67. The van der Waals surface area contributed by atoms with Crippen LogP contribution in [0.3, 0.4) is 0 Å². The van der Waals surface area contributed by atoms with Crippen molar-refractivity contribution < 1.29 is 8.83 Å². The number of hydrogen-bond donors (Lipinski definition) is 0. The van der Waals surface area contributed by atoms with Crippen LogP contribution in [0.2, 0.25) is 0 Å². The molecule has 0 amide bonds. The molecule has 0 aliphatic heterocycles.